The molecule has 2 aromatic rings. The van der Waals surface area contributed by atoms with Gasteiger partial charge >= 0.3 is 0 Å². The number of hydrogen-bond donors (Lipinski definition) is 2. The number of rotatable bonds is 4. The van der Waals surface area contributed by atoms with Crippen molar-refractivity contribution in [2.75, 3.05) is 6.61 Å². The lowest BCUT2D eigenvalue weighted by Gasteiger charge is -2.01. The monoisotopic (exact) mass is 219 g/mol. The molecule has 0 aliphatic rings. The molecule has 0 amide bonds. The lowest BCUT2D eigenvalue weighted by atomic mass is 10.2. The molecule has 1 atom stereocenters. The van der Waals surface area contributed by atoms with Crippen molar-refractivity contribution < 1.29 is 9.63 Å². The summed E-state index contributed by atoms with van der Waals surface area (Å²) >= 11 is 0. The first-order valence-electron chi connectivity index (χ1n) is 5.06. The van der Waals surface area contributed by atoms with E-state index in [0.29, 0.717) is 18.1 Å². The molecule has 0 spiro atoms. The van der Waals surface area contributed by atoms with Crippen LogP contribution >= 0.6 is 0 Å². The quantitative estimate of drug-likeness (QED) is 0.804. The molecule has 5 nitrogen and oxygen atoms in total. The van der Waals surface area contributed by atoms with Gasteiger partial charge in [-0.1, -0.05) is 35.5 Å². The smallest absolute Gasteiger partial charge is 0.243 e. The van der Waals surface area contributed by atoms with E-state index in [4.69, 9.17) is 15.4 Å². The van der Waals surface area contributed by atoms with Crippen LogP contribution in [0.4, 0.5) is 0 Å². The maximum atomic E-state index is 8.75. The van der Waals surface area contributed by atoms with E-state index < -0.39 is 6.04 Å². The molecule has 0 saturated carbocycles. The molecule has 1 aromatic heterocycles. The largest absolute Gasteiger partial charge is 0.396 e. The fraction of sp³-hybridized carbons (Fsp3) is 0.273. The Morgan fingerprint density at radius 3 is 2.75 bits per heavy atom. The van der Waals surface area contributed by atoms with Crippen molar-refractivity contribution >= 4 is 0 Å². The summed E-state index contributed by atoms with van der Waals surface area (Å²) in [7, 11) is 0. The number of benzene rings is 1. The zero-order valence-electron chi connectivity index (χ0n) is 8.71. The van der Waals surface area contributed by atoms with Crippen LogP contribution in [0.3, 0.4) is 0 Å². The van der Waals surface area contributed by atoms with Crippen LogP contribution < -0.4 is 5.73 Å². The van der Waals surface area contributed by atoms with Crippen molar-refractivity contribution in [1.29, 1.82) is 0 Å². The average Bonchev–Trinajstić information content (AvgIpc) is 2.80. The maximum absolute atomic E-state index is 8.75. The molecule has 0 aliphatic carbocycles. The van der Waals surface area contributed by atoms with Gasteiger partial charge in [-0.15, -0.1) is 0 Å². The third-order valence-electron chi connectivity index (χ3n) is 2.23. The van der Waals surface area contributed by atoms with Gasteiger partial charge in [0.05, 0.1) is 6.04 Å². The summed E-state index contributed by atoms with van der Waals surface area (Å²) < 4.78 is 5.04. The van der Waals surface area contributed by atoms with Gasteiger partial charge in [-0.3, -0.25) is 0 Å². The molecule has 2 rings (SSSR count). The van der Waals surface area contributed by atoms with Crippen LogP contribution in [0.25, 0.3) is 11.4 Å². The second-order valence-electron chi connectivity index (χ2n) is 3.44. The van der Waals surface area contributed by atoms with Gasteiger partial charge in [-0.25, -0.2) is 0 Å². The van der Waals surface area contributed by atoms with Crippen molar-refractivity contribution in [1.82, 2.24) is 10.1 Å². The molecule has 0 saturated heterocycles. The van der Waals surface area contributed by atoms with E-state index >= 15 is 0 Å². The fourth-order valence-corrected chi connectivity index (χ4v) is 1.35. The number of nitrogens with two attached hydrogens (primary N) is 1. The Labute approximate surface area is 92.9 Å². The van der Waals surface area contributed by atoms with Crippen LogP contribution in [-0.4, -0.2) is 21.9 Å². The highest BCUT2D eigenvalue weighted by atomic mass is 16.5. The van der Waals surface area contributed by atoms with Crippen LogP contribution in [0.15, 0.2) is 34.9 Å². The first-order valence-corrected chi connectivity index (χ1v) is 5.06. The van der Waals surface area contributed by atoms with Crippen molar-refractivity contribution in [3.63, 3.8) is 0 Å². The first kappa shape index (κ1) is 10.8. The Balaban J connectivity index is 2.20. The highest BCUT2D eigenvalue weighted by molar-refractivity contribution is 5.53. The predicted octanol–water partition coefficient (Wildman–Crippen LogP) is 1.12. The third kappa shape index (κ3) is 2.26. The SMILES string of the molecule is NC(CCO)c1nc(-c2ccccc2)no1. The fourth-order valence-electron chi connectivity index (χ4n) is 1.35. The topological polar surface area (TPSA) is 85.2 Å². The number of nitrogens with zero attached hydrogens (tertiary/aromatic N) is 2. The molecule has 0 aliphatic heterocycles. The molecule has 0 radical (unpaired) electrons. The summed E-state index contributed by atoms with van der Waals surface area (Å²) in [5, 5.41) is 12.6. The van der Waals surface area contributed by atoms with E-state index in [1.165, 1.54) is 0 Å². The Hall–Kier alpha value is -1.72. The second-order valence-corrected chi connectivity index (χ2v) is 3.44. The zero-order chi connectivity index (χ0) is 11.4. The Bertz CT molecular complexity index is 442. The predicted molar refractivity (Wildman–Crippen MR) is 58.4 cm³/mol. The molecule has 84 valence electrons. The van der Waals surface area contributed by atoms with E-state index in [1.807, 2.05) is 30.3 Å². The molecular weight excluding hydrogens is 206 g/mol. The number of aliphatic hydroxyl groups excluding tert-OH is 1. The Morgan fingerprint density at radius 1 is 1.31 bits per heavy atom. The van der Waals surface area contributed by atoms with Gasteiger partial charge < -0.3 is 15.4 Å². The molecule has 3 N–H and O–H groups in total. The summed E-state index contributed by atoms with van der Waals surface area (Å²) in [5.74, 6) is 0.872. The van der Waals surface area contributed by atoms with Crippen molar-refractivity contribution in [3.05, 3.63) is 36.2 Å². The van der Waals surface area contributed by atoms with Crippen LogP contribution in [0.5, 0.6) is 0 Å². The Kier molecular flexibility index (Phi) is 3.28. The lowest BCUT2D eigenvalue weighted by Crippen LogP contribution is -2.12. The molecule has 16 heavy (non-hydrogen) atoms. The first-order chi connectivity index (χ1) is 7.81. The second kappa shape index (κ2) is 4.87. The highest BCUT2D eigenvalue weighted by Gasteiger charge is 2.14. The van der Waals surface area contributed by atoms with Gasteiger partial charge in [0.1, 0.15) is 0 Å². The van der Waals surface area contributed by atoms with Gasteiger partial charge in [0.2, 0.25) is 11.7 Å². The third-order valence-corrected chi connectivity index (χ3v) is 2.23. The van der Waals surface area contributed by atoms with Gasteiger partial charge in [-0.05, 0) is 6.42 Å². The number of hydrogen-bond acceptors (Lipinski definition) is 5. The van der Waals surface area contributed by atoms with Crippen LogP contribution in [0, 0.1) is 0 Å². The standard InChI is InChI=1S/C11H13N3O2/c12-9(6-7-15)11-13-10(14-16-11)8-4-2-1-3-5-8/h1-5,9,15H,6-7,12H2. The molecule has 1 heterocycles. The van der Waals surface area contributed by atoms with Gasteiger partial charge in [-0.2, -0.15) is 4.98 Å². The van der Waals surface area contributed by atoms with Gasteiger partial charge in [0, 0.05) is 12.2 Å². The number of aliphatic hydroxyl groups is 1. The van der Waals surface area contributed by atoms with Crippen LogP contribution in [0.1, 0.15) is 18.4 Å². The highest BCUT2D eigenvalue weighted by Crippen LogP contribution is 2.18. The van der Waals surface area contributed by atoms with E-state index in [-0.39, 0.29) is 6.61 Å². The Morgan fingerprint density at radius 2 is 2.06 bits per heavy atom. The molecule has 0 fully saturated rings. The minimum absolute atomic E-state index is 0.00418. The molecular formula is C11H13N3O2. The zero-order valence-corrected chi connectivity index (χ0v) is 8.71. The van der Waals surface area contributed by atoms with Crippen LogP contribution in [0.2, 0.25) is 0 Å². The number of aromatic nitrogens is 2. The van der Waals surface area contributed by atoms with E-state index in [2.05, 4.69) is 10.1 Å². The average molecular weight is 219 g/mol. The molecule has 1 unspecified atom stereocenters. The van der Waals surface area contributed by atoms with E-state index in [1.54, 1.807) is 0 Å². The normalized spacial score (nSPS) is 12.6. The van der Waals surface area contributed by atoms with Crippen molar-refractivity contribution in [2.45, 2.75) is 12.5 Å². The molecule has 0 bridgehead atoms. The molecule has 1 aromatic carbocycles. The van der Waals surface area contributed by atoms with Crippen LogP contribution in [-0.2, 0) is 0 Å². The van der Waals surface area contributed by atoms with Gasteiger partial charge in [0.25, 0.3) is 0 Å². The summed E-state index contributed by atoms with van der Waals surface area (Å²) in [4.78, 5) is 4.19. The van der Waals surface area contributed by atoms with E-state index in [0.717, 1.165) is 5.56 Å². The maximum Gasteiger partial charge on any atom is 0.243 e. The summed E-state index contributed by atoms with van der Waals surface area (Å²) in [5.41, 5.74) is 6.62. The summed E-state index contributed by atoms with van der Waals surface area (Å²) in [6, 6.07) is 9.10. The minimum Gasteiger partial charge on any atom is -0.396 e. The minimum atomic E-state index is -0.407. The lowest BCUT2D eigenvalue weighted by molar-refractivity contribution is 0.259. The summed E-state index contributed by atoms with van der Waals surface area (Å²) in [6.45, 7) is 0.00418. The van der Waals surface area contributed by atoms with Crippen molar-refractivity contribution in [2.24, 2.45) is 5.73 Å². The summed E-state index contributed by atoms with van der Waals surface area (Å²) in [6.07, 6.45) is 0.413. The molecule has 5 heteroatoms. The van der Waals surface area contributed by atoms with Gasteiger partial charge in [0.15, 0.2) is 0 Å². The van der Waals surface area contributed by atoms with E-state index in [9.17, 15) is 0 Å². The van der Waals surface area contributed by atoms with Crippen molar-refractivity contribution in [3.8, 4) is 11.4 Å².